The van der Waals surface area contributed by atoms with E-state index < -0.39 is 30.4 Å². The number of hydrogen-bond acceptors (Lipinski definition) is 6. The first-order chi connectivity index (χ1) is 11.8. The molecule has 4 atom stereocenters. The van der Waals surface area contributed by atoms with Crippen LogP contribution in [0, 0.1) is 6.92 Å². The van der Waals surface area contributed by atoms with Crippen LogP contribution < -0.4 is 4.74 Å². The summed E-state index contributed by atoms with van der Waals surface area (Å²) in [6, 6.07) is 1.92. The molecule has 3 aliphatic heterocycles. The number of benzene rings is 1. The van der Waals surface area contributed by atoms with Crippen molar-refractivity contribution in [2.75, 3.05) is 6.61 Å². The quantitative estimate of drug-likeness (QED) is 0.652. The van der Waals surface area contributed by atoms with Crippen molar-refractivity contribution in [2.45, 2.75) is 70.9 Å². The Bertz CT molecular complexity index is 731. The molecule has 0 unspecified atom stereocenters. The molecule has 2 fully saturated rings. The number of carbonyl (C=O) groups excluding carboxylic acids is 1. The Hall–Kier alpha value is -1.41. The molecule has 0 aromatic heterocycles. The van der Waals surface area contributed by atoms with Crippen LogP contribution in [0.1, 0.15) is 47.8 Å². The van der Waals surface area contributed by atoms with Crippen LogP contribution in [-0.4, -0.2) is 56.3 Å². The number of ketones is 1. The summed E-state index contributed by atoms with van der Waals surface area (Å²) in [6.45, 7) is 8.16. The van der Waals surface area contributed by atoms with Gasteiger partial charge in [0.05, 0.1) is 6.61 Å². The van der Waals surface area contributed by atoms with Crippen LogP contribution in [0.2, 0.25) is 0 Å². The molecule has 3 heterocycles. The summed E-state index contributed by atoms with van der Waals surface area (Å²) in [5.74, 6) is -0.245. The number of hydrogen-bond donors (Lipinski definition) is 1. The minimum atomic E-state index is -1.05. The third kappa shape index (κ3) is 2.87. The molecule has 26 heavy (non-hydrogen) atoms. The molecule has 0 spiro atoms. The topological polar surface area (TPSA) is 74.2 Å². The zero-order chi connectivity index (χ0) is 17.9. The molecule has 0 aliphatic carbocycles. The average molecular weight is 359 g/mol. The van der Waals surface area contributed by atoms with Gasteiger partial charge in [-0.1, -0.05) is 6.92 Å². The third-order valence-corrected chi connectivity index (χ3v) is 5.26. The predicted molar refractivity (Wildman–Crippen MR) is 94.5 cm³/mol. The van der Waals surface area contributed by atoms with Crippen LogP contribution in [0.4, 0.5) is 0 Å². The normalized spacial score (nSPS) is 31.1. The van der Waals surface area contributed by atoms with Gasteiger partial charge in [-0.05, 0) is 44.4 Å². The van der Waals surface area contributed by atoms with E-state index in [0.717, 1.165) is 28.9 Å². The molecule has 0 bridgehead atoms. The first-order valence-electron chi connectivity index (χ1n) is 8.84. The third-order valence-electron chi connectivity index (χ3n) is 5.26. The van der Waals surface area contributed by atoms with Gasteiger partial charge in [0.15, 0.2) is 24.0 Å². The van der Waals surface area contributed by atoms with Gasteiger partial charge in [-0.25, -0.2) is 0 Å². The van der Waals surface area contributed by atoms with Gasteiger partial charge >= 0.3 is 0 Å². The smallest absolute Gasteiger partial charge is 0.194 e. The molecular weight excluding hydrogens is 335 g/mol. The number of Topliss-reactive ketones (excluding diaryl/α,β-unsaturated/α-hetero) is 1. The number of fused-ring (bicyclic) bond motifs is 2. The van der Waals surface area contributed by atoms with Crippen LogP contribution >= 0.6 is 0 Å². The molecule has 6 nitrogen and oxygen atoms in total. The Morgan fingerprint density at radius 2 is 2.08 bits per heavy atom. The predicted octanol–water partition coefficient (Wildman–Crippen LogP) is 1.53. The van der Waals surface area contributed by atoms with Gasteiger partial charge in [0, 0.05) is 26.0 Å². The lowest BCUT2D eigenvalue weighted by atomic mass is 9.90. The maximum Gasteiger partial charge on any atom is 0.194 e. The van der Waals surface area contributed by atoms with Gasteiger partial charge in [-0.3, -0.25) is 4.79 Å². The van der Waals surface area contributed by atoms with Crippen molar-refractivity contribution in [1.29, 1.82) is 0 Å². The van der Waals surface area contributed by atoms with E-state index in [1.165, 1.54) is 0 Å². The van der Waals surface area contributed by atoms with Crippen molar-refractivity contribution < 1.29 is 28.8 Å². The van der Waals surface area contributed by atoms with Crippen molar-refractivity contribution >= 4 is 14.2 Å². The maximum absolute atomic E-state index is 13.1. The Morgan fingerprint density at radius 1 is 1.35 bits per heavy atom. The minimum Gasteiger partial charge on any atom is -0.493 e. The summed E-state index contributed by atoms with van der Waals surface area (Å²) in [5.41, 5.74) is 3.66. The van der Waals surface area contributed by atoms with Crippen molar-refractivity contribution in [3.63, 3.8) is 0 Å². The zero-order valence-electron chi connectivity index (χ0n) is 15.6. The second kappa shape index (κ2) is 6.64. The van der Waals surface area contributed by atoms with E-state index in [1.807, 2.05) is 19.9 Å². The van der Waals surface area contributed by atoms with E-state index in [0.29, 0.717) is 18.6 Å². The van der Waals surface area contributed by atoms with Gasteiger partial charge in [0.2, 0.25) is 0 Å². The fourth-order valence-corrected chi connectivity index (χ4v) is 4.01. The number of aryl methyl sites for hydroxylation is 1. The second-order valence-corrected chi connectivity index (χ2v) is 7.35. The molecule has 1 aromatic carbocycles. The zero-order valence-corrected chi connectivity index (χ0v) is 15.6. The van der Waals surface area contributed by atoms with E-state index in [4.69, 9.17) is 18.9 Å². The van der Waals surface area contributed by atoms with E-state index in [2.05, 4.69) is 0 Å². The highest BCUT2D eigenvalue weighted by Gasteiger charge is 2.56. The summed E-state index contributed by atoms with van der Waals surface area (Å²) >= 11 is 0. The lowest BCUT2D eigenvalue weighted by molar-refractivity contribution is -0.208. The summed E-state index contributed by atoms with van der Waals surface area (Å²) in [4.78, 5) is 13.1. The highest BCUT2D eigenvalue weighted by molar-refractivity contribution is 6.02. The van der Waals surface area contributed by atoms with E-state index >= 15 is 0 Å². The summed E-state index contributed by atoms with van der Waals surface area (Å²) in [5, 5.41) is 10.6. The largest absolute Gasteiger partial charge is 0.493 e. The van der Waals surface area contributed by atoms with E-state index in [1.54, 1.807) is 13.8 Å². The summed E-state index contributed by atoms with van der Waals surface area (Å²) in [6.07, 6.45) is -1.91. The molecule has 139 valence electrons. The number of aliphatic hydroxyl groups excluding tert-OH is 1. The Morgan fingerprint density at radius 3 is 2.73 bits per heavy atom. The molecule has 1 N–H and O–H groups in total. The monoisotopic (exact) mass is 359 g/mol. The lowest BCUT2D eigenvalue weighted by Crippen LogP contribution is -2.39. The number of aliphatic hydroxyl groups is 1. The number of ether oxygens (including phenoxy) is 4. The SMILES string of the molecule is CCc1cc(C(=O)[C@@H]2O[C@H]3OC(C)(C)O[C@H]3[C@@H]2O)c2c(c1C)OCC2.[B]. The van der Waals surface area contributed by atoms with Crippen LogP contribution in [0.5, 0.6) is 5.75 Å². The van der Waals surface area contributed by atoms with Crippen molar-refractivity contribution in [3.8, 4) is 5.75 Å². The van der Waals surface area contributed by atoms with Crippen LogP contribution in [0.3, 0.4) is 0 Å². The first kappa shape index (κ1) is 19.4. The number of rotatable bonds is 3. The average Bonchev–Trinajstić information content (AvgIpc) is 3.22. The maximum atomic E-state index is 13.1. The molecule has 3 radical (unpaired) electrons. The molecule has 4 rings (SSSR count). The highest BCUT2D eigenvalue weighted by Crippen LogP contribution is 2.40. The molecule has 7 heteroatoms. The Balaban J connectivity index is 0.00000196. The molecule has 3 aliphatic rings. The fraction of sp³-hybridized carbons (Fsp3) is 0.632. The molecular formula is C19H24BO6. The summed E-state index contributed by atoms with van der Waals surface area (Å²) in [7, 11) is 0. The van der Waals surface area contributed by atoms with Crippen LogP contribution in [-0.2, 0) is 27.1 Å². The van der Waals surface area contributed by atoms with Crippen molar-refractivity contribution in [2.24, 2.45) is 0 Å². The van der Waals surface area contributed by atoms with Gasteiger partial charge in [-0.15, -0.1) is 0 Å². The Labute approximate surface area is 155 Å². The van der Waals surface area contributed by atoms with Crippen molar-refractivity contribution in [3.05, 3.63) is 28.3 Å². The molecule has 0 amide bonds. The van der Waals surface area contributed by atoms with Gasteiger partial charge < -0.3 is 24.1 Å². The van der Waals surface area contributed by atoms with Gasteiger partial charge in [0.25, 0.3) is 0 Å². The van der Waals surface area contributed by atoms with Crippen molar-refractivity contribution in [1.82, 2.24) is 0 Å². The summed E-state index contributed by atoms with van der Waals surface area (Å²) < 4.78 is 22.8. The van der Waals surface area contributed by atoms with Gasteiger partial charge in [-0.2, -0.15) is 0 Å². The van der Waals surface area contributed by atoms with Crippen LogP contribution in [0.15, 0.2) is 6.07 Å². The van der Waals surface area contributed by atoms with E-state index in [-0.39, 0.29) is 14.2 Å². The number of carbonyl (C=O) groups is 1. The Kier molecular flexibility index (Phi) is 4.94. The molecule has 1 aromatic rings. The minimum absolute atomic E-state index is 0. The lowest BCUT2D eigenvalue weighted by Gasteiger charge is -2.23. The van der Waals surface area contributed by atoms with Crippen LogP contribution in [0.25, 0.3) is 0 Å². The molecule has 0 saturated carbocycles. The molecule has 2 saturated heterocycles. The standard InChI is InChI=1S/C19H24O6.B/c1-5-10-8-12(11-6-7-22-15(11)9(10)2)13(20)16-14(21)17-18(23-16)25-19(3,4)24-17;/h8,14,16-18,21H,5-7H2,1-4H3;/t14-,16+,17+,18+;/m1./s1. The van der Waals surface area contributed by atoms with E-state index in [9.17, 15) is 9.90 Å². The highest BCUT2D eigenvalue weighted by atomic mass is 16.8. The first-order valence-corrected chi connectivity index (χ1v) is 8.84. The van der Waals surface area contributed by atoms with Gasteiger partial charge in [0.1, 0.15) is 18.0 Å². The second-order valence-electron chi connectivity index (χ2n) is 7.35. The fourth-order valence-electron chi connectivity index (χ4n) is 4.01.